The number of fused-ring (bicyclic) bond motifs is 2. The summed E-state index contributed by atoms with van der Waals surface area (Å²) in [5.41, 5.74) is 4.80. The standard InChI is InChI=1S/C27H26Cl2N2O2/c1-16(2)31-23-11-6-8-17(18-9-5-10-21(28)26(18)29)20(23)15-24(31)27(32)30-22-13-14-33-25-12-4-3-7-19(22)25/h3-12,15-16,22,27,30,32H,13-14H2,1-2H3/t22-,27?/m0/s1. The van der Waals surface area contributed by atoms with Crippen molar-refractivity contribution in [2.75, 3.05) is 6.61 Å². The Bertz CT molecular complexity index is 1310. The molecule has 1 aromatic heterocycles. The quantitative estimate of drug-likeness (QED) is 0.294. The molecule has 2 heterocycles. The highest BCUT2D eigenvalue weighted by atomic mass is 35.5. The first-order valence-corrected chi connectivity index (χ1v) is 12.0. The van der Waals surface area contributed by atoms with E-state index in [0.717, 1.165) is 45.5 Å². The van der Waals surface area contributed by atoms with E-state index in [0.29, 0.717) is 16.7 Å². The smallest absolute Gasteiger partial charge is 0.146 e. The number of aromatic nitrogens is 1. The first-order valence-electron chi connectivity index (χ1n) is 11.2. The first kappa shape index (κ1) is 22.3. The van der Waals surface area contributed by atoms with E-state index in [1.165, 1.54) is 0 Å². The van der Waals surface area contributed by atoms with Crippen molar-refractivity contribution in [1.82, 2.24) is 9.88 Å². The zero-order chi connectivity index (χ0) is 23.1. The molecule has 0 saturated heterocycles. The molecule has 5 rings (SSSR count). The van der Waals surface area contributed by atoms with Crippen LogP contribution in [0, 0.1) is 0 Å². The van der Waals surface area contributed by atoms with Crippen LogP contribution in [0.1, 0.15) is 49.8 Å². The topological polar surface area (TPSA) is 46.4 Å². The zero-order valence-electron chi connectivity index (χ0n) is 18.6. The molecule has 0 spiro atoms. The lowest BCUT2D eigenvalue weighted by atomic mass is 10.00. The van der Waals surface area contributed by atoms with Gasteiger partial charge >= 0.3 is 0 Å². The summed E-state index contributed by atoms with van der Waals surface area (Å²) in [5, 5.41) is 16.9. The number of nitrogens with zero attached hydrogens (tertiary/aromatic N) is 1. The number of hydrogen-bond donors (Lipinski definition) is 2. The molecule has 2 atom stereocenters. The van der Waals surface area contributed by atoms with Gasteiger partial charge in [-0.2, -0.15) is 0 Å². The molecule has 1 aliphatic heterocycles. The maximum absolute atomic E-state index is 11.4. The fourth-order valence-electron chi connectivity index (χ4n) is 4.80. The molecule has 1 aliphatic rings. The molecule has 0 amide bonds. The van der Waals surface area contributed by atoms with Crippen LogP contribution >= 0.6 is 23.2 Å². The maximum Gasteiger partial charge on any atom is 0.146 e. The SMILES string of the molecule is CC(C)n1c(C(O)N[C@H]2CCOc3ccccc32)cc2c(-c3cccc(Cl)c3Cl)cccc21. The predicted octanol–water partition coefficient (Wildman–Crippen LogP) is 7.30. The average Bonchev–Trinajstić information content (AvgIpc) is 3.22. The van der Waals surface area contributed by atoms with E-state index in [2.05, 4.69) is 41.9 Å². The Hall–Kier alpha value is -2.50. The molecule has 0 radical (unpaired) electrons. The molecule has 4 nitrogen and oxygen atoms in total. The minimum atomic E-state index is -0.848. The van der Waals surface area contributed by atoms with E-state index < -0.39 is 6.23 Å². The Balaban J connectivity index is 1.59. The largest absolute Gasteiger partial charge is 0.493 e. The highest BCUT2D eigenvalue weighted by molar-refractivity contribution is 6.44. The van der Waals surface area contributed by atoms with Crippen molar-refractivity contribution in [2.45, 2.75) is 38.6 Å². The lowest BCUT2D eigenvalue weighted by molar-refractivity contribution is 0.102. The van der Waals surface area contributed by atoms with Crippen LogP contribution in [0.4, 0.5) is 0 Å². The van der Waals surface area contributed by atoms with Gasteiger partial charge in [-0.1, -0.05) is 65.7 Å². The predicted molar refractivity (Wildman–Crippen MR) is 135 cm³/mol. The van der Waals surface area contributed by atoms with Gasteiger partial charge in [-0.15, -0.1) is 0 Å². The van der Waals surface area contributed by atoms with Crippen molar-refractivity contribution in [3.8, 4) is 16.9 Å². The van der Waals surface area contributed by atoms with Crippen LogP contribution in [-0.4, -0.2) is 16.3 Å². The van der Waals surface area contributed by atoms with Crippen molar-refractivity contribution < 1.29 is 9.84 Å². The summed E-state index contributed by atoms with van der Waals surface area (Å²) in [7, 11) is 0. The number of aliphatic hydroxyl groups is 1. The number of rotatable bonds is 5. The molecular weight excluding hydrogens is 455 g/mol. The molecule has 33 heavy (non-hydrogen) atoms. The molecule has 4 aromatic rings. The average molecular weight is 481 g/mol. The molecule has 170 valence electrons. The van der Waals surface area contributed by atoms with Crippen LogP contribution in [0.25, 0.3) is 22.0 Å². The van der Waals surface area contributed by atoms with Gasteiger partial charge in [0.05, 0.1) is 22.3 Å². The third-order valence-electron chi connectivity index (χ3n) is 6.27. The number of para-hydroxylation sites is 1. The Morgan fingerprint density at radius 3 is 2.58 bits per heavy atom. The van der Waals surface area contributed by atoms with E-state index in [9.17, 15) is 5.11 Å². The monoisotopic (exact) mass is 480 g/mol. The summed E-state index contributed by atoms with van der Waals surface area (Å²) < 4.78 is 7.97. The van der Waals surface area contributed by atoms with E-state index >= 15 is 0 Å². The zero-order valence-corrected chi connectivity index (χ0v) is 20.1. The van der Waals surface area contributed by atoms with Gasteiger partial charge in [0, 0.05) is 40.5 Å². The summed E-state index contributed by atoms with van der Waals surface area (Å²) >= 11 is 12.9. The summed E-state index contributed by atoms with van der Waals surface area (Å²) in [5.74, 6) is 0.871. The van der Waals surface area contributed by atoms with Crippen molar-refractivity contribution in [2.24, 2.45) is 0 Å². The van der Waals surface area contributed by atoms with Gasteiger partial charge in [-0.05, 0) is 43.7 Å². The summed E-state index contributed by atoms with van der Waals surface area (Å²) in [6, 6.07) is 22.0. The highest BCUT2D eigenvalue weighted by Gasteiger charge is 2.26. The van der Waals surface area contributed by atoms with Gasteiger partial charge in [0.2, 0.25) is 0 Å². The fourth-order valence-corrected chi connectivity index (χ4v) is 5.20. The fraction of sp³-hybridized carbons (Fsp3) is 0.259. The lowest BCUT2D eigenvalue weighted by Crippen LogP contribution is -2.31. The molecule has 3 aromatic carbocycles. The number of aliphatic hydroxyl groups excluding tert-OH is 1. The number of nitrogens with one attached hydrogen (secondary N) is 1. The maximum atomic E-state index is 11.4. The third kappa shape index (κ3) is 4.02. The van der Waals surface area contributed by atoms with Gasteiger partial charge in [0.15, 0.2) is 0 Å². The molecular formula is C27H26Cl2N2O2. The van der Waals surface area contributed by atoms with Crippen molar-refractivity contribution in [1.29, 1.82) is 0 Å². The summed E-state index contributed by atoms with van der Waals surface area (Å²) in [6.07, 6.45) is -0.0575. The van der Waals surface area contributed by atoms with Crippen LogP contribution in [0.15, 0.2) is 66.7 Å². The molecule has 2 N–H and O–H groups in total. The Labute approximate surface area is 203 Å². The number of benzene rings is 3. The van der Waals surface area contributed by atoms with Gasteiger partial charge in [0.25, 0.3) is 0 Å². The molecule has 0 bridgehead atoms. The Morgan fingerprint density at radius 2 is 1.76 bits per heavy atom. The van der Waals surface area contributed by atoms with Gasteiger partial charge in [0.1, 0.15) is 12.0 Å². The molecule has 1 unspecified atom stereocenters. The number of hydrogen-bond acceptors (Lipinski definition) is 3. The van der Waals surface area contributed by atoms with Crippen LogP contribution in [0.5, 0.6) is 5.75 Å². The second-order valence-electron chi connectivity index (χ2n) is 8.67. The van der Waals surface area contributed by atoms with Gasteiger partial charge in [-0.3, -0.25) is 5.32 Å². The minimum absolute atomic E-state index is 0.00502. The molecule has 0 saturated carbocycles. The third-order valence-corrected chi connectivity index (χ3v) is 7.09. The van der Waals surface area contributed by atoms with E-state index in [4.69, 9.17) is 27.9 Å². The van der Waals surface area contributed by atoms with Gasteiger partial charge < -0.3 is 14.4 Å². The van der Waals surface area contributed by atoms with Crippen LogP contribution in [-0.2, 0) is 0 Å². The normalized spacial score (nSPS) is 16.6. The van der Waals surface area contributed by atoms with E-state index in [1.54, 1.807) is 6.07 Å². The van der Waals surface area contributed by atoms with Crippen molar-refractivity contribution in [3.05, 3.63) is 88.0 Å². The van der Waals surface area contributed by atoms with E-state index in [1.807, 2.05) is 42.5 Å². The minimum Gasteiger partial charge on any atom is -0.493 e. The highest BCUT2D eigenvalue weighted by Crippen LogP contribution is 2.40. The van der Waals surface area contributed by atoms with E-state index in [-0.39, 0.29) is 12.1 Å². The van der Waals surface area contributed by atoms with Crippen molar-refractivity contribution >= 4 is 34.1 Å². The second-order valence-corrected chi connectivity index (χ2v) is 9.45. The lowest BCUT2D eigenvalue weighted by Gasteiger charge is -2.29. The van der Waals surface area contributed by atoms with Crippen molar-refractivity contribution in [3.63, 3.8) is 0 Å². The number of ether oxygens (including phenoxy) is 1. The van der Waals surface area contributed by atoms with Gasteiger partial charge in [-0.25, -0.2) is 0 Å². The van der Waals surface area contributed by atoms with Crippen LogP contribution < -0.4 is 10.1 Å². The Kier molecular flexibility index (Phi) is 6.11. The summed E-state index contributed by atoms with van der Waals surface area (Å²) in [4.78, 5) is 0. The van der Waals surface area contributed by atoms with Crippen LogP contribution in [0.3, 0.4) is 0 Å². The molecule has 0 fully saturated rings. The Morgan fingerprint density at radius 1 is 1.00 bits per heavy atom. The second kappa shape index (κ2) is 9.03. The van der Waals surface area contributed by atoms with Crippen LogP contribution in [0.2, 0.25) is 10.0 Å². The number of halogens is 2. The molecule has 0 aliphatic carbocycles. The first-order chi connectivity index (χ1) is 16.0. The molecule has 6 heteroatoms. The summed E-state index contributed by atoms with van der Waals surface area (Å²) in [6.45, 7) is 4.86.